The minimum absolute atomic E-state index is 0.456. The largest absolute Gasteiger partial charge is 0.490 e. The Kier molecular flexibility index (Phi) is 6.03. The van der Waals surface area contributed by atoms with Gasteiger partial charge in [-0.3, -0.25) is 0 Å². The standard InChI is InChI=1S/C13H16BrNO2/c1-10(2)9-16-6-7-17-13-5-3-4-12(14)11(13)8-15/h3-5,10H,6-7,9H2,1-2H3. The molecule has 0 spiro atoms. The van der Waals surface area contributed by atoms with Gasteiger partial charge in [0.2, 0.25) is 0 Å². The minimum Gasteiger partial charge on any atom is -0.490 e. The van der Waals surface area contributed by atoms with Gasteiger partial charge in [-0.15, -0.1) is 0 Å². The lowest BCUT2D eigenvalue weighted by Gasteiger charge is -2.10. The Labute approximate surface area is 110 Å². The van der Waals surface area contributed by atoms with Gasteiger partial charge in [-0.2, -0.15) is 5.26 Å². The number of nitrogens with zero attached hydrogens (tertiary/aromatic N) is 1. The van der Waals surface area contributed by atoms with Crippen LogP contribution >= 0.6 is 15.9 Å². The van der Waals surface area contributed by atoms with Crippen molar-refractivity contribution in [2.24, 2.45) is 5.92 Å². The molecule has 0 bridgehead atoms. The predicted octanol–water partition coefficient (Wildman–Crippen LogP) is 3.37. The number of benzene rings is 1. The highest BCUT2D eigenvalue weighted by Crippen LogP contribution is 2.25. The summed E-state index contributed by atoms with van der Waals surface area (Å²) in [5, 5.41) is 8.98. The zero-order valence-corrected chi connectivity index (χ0v) is 11.7. The third kappa shape index (κ3) is 4.76. The van der Waals surface area contributed by atoms with Gasteiger partial charge >= 0.3 is 0 Å². The lowest BCUT2D eigenvalue weighted by molar-refractivity contribution is 0.0818. The molecule has 0 atom stereocenters. The molecule has 0 aliphatic carbocycles. The SMILES string of the molecule is CC(C)COCCOc1cccc(Br)c1C#N. The van der Waals surface area contributed by atoms with E-state index < -0.39 is 0 Å². The van der Waals surface area contributed by atoms with Crippen molar-refractivity contribution in [3.8, 4) is 11.8 Å². The summed E-state index contributed by atoms with van der Waals surface area (Å²) < 4.78 is 11.7. The first-order valence-corrected chi connectivity index (χ1v) is 6.33. The summed E-state index contributed by atoms with van der Waals surface area (Å²) in [6.45, 7) is 5.92. The number of hydrogen-bond donors (Lipinski definition) is 0. The van der Waals surface area contributed by atoms with Crippen LogP contribution in [0.5, 0.6) is 5.75 Å². The second-order valence-electron chi connectivity index (χ2n) is 4.04. The van der Waals surface area contributed by atoms with Crippen LogP contribution in [-0.2, 0) is 4.74 Å². The molecule has 0 saturated heterocycles. The number of halogens is 1. The lowest BCUT2D eigenvalue weighted by Crippen LogP contribution is -2.10. The number of nitriles is 1. The van der Waals surface area contributed by atoms with Gasteiger partial charge in [0, 0.05) is 11.1 Å². The van der Waals surface area contributed by atoms with Crippen LogP contribution in [-0.4, -0.2) is 19.8 Å². The third-order valence-corrected chi connectivity index (χ3v) is 2.68. The van der Waals surface area contributed by atoms with Crippen LogP contribution in [0.3, 0.4) is 0 Å². The van der Waals surface area contributed by atoms with Crippen LogP contribution in [0.15, 0.2) is 22.7 Å². The maximum absolute atomic E-state index is 8.98. The molecular weight excluding hydrogens is 282 g/mol. The molecule has 0 aliphatic rings. The zero-order valence-electron chi connectivity index (χ0n) is 10.1. The molecule has 4 heteroatoms. The summed E-state index contributed by atoms with van der Waals surface area (Å²) in [7, 11) is 0. The molecule has 0 amide bonds. The van der Waals surface area contributed by atoms with Crippen LogP contribution in [0, 0.1) is 17.2 Å². The Bertz CT molecular complexity index is 399. The molecule has 0 unspecified atom stereocenters. The molecule has 17 heavy (non-hydrogen) atoms. The van der Waals surface area contributed by atoms with E-state index in [0.717, 1.165) is 11.1 Å². The molecule has 92 valence electrons. The summed E-state index contributed by atoms with van der Waals surface area (Å²) in [5.41, 5.74) is 0.524. The molecule has 0 heterocycles. The summed E-state index contributed by atoms with van der Waals surface area (Å²) >= 11 is 3.32. The van der Waals surface area contributed by atoms with Crippen LogP contribution < -0.4 is 4.74 Å². The molecule has 1 aromatic rings. The van der Waals surface area contributed by atoms with E-state index in [0.29, 0.717) is 30.4 Å². The Morgan fingerprint density at radius 2 is 2.12 bits per heavy atom. The molecule has 0 aromatic heterocycles. The molecule has 0 N–H and O–H groups in total. The highest BCUT2D eigenvalue weighted by atomic mass is 79.9. The Morgan fingerprint density at radius 1 is 1.35 bits per heavy atom. The maximum Gasteiger partial charge on any atom is 0.138 e. The van der Waals surface area contributed by atoms with Gasteiger partial charge in [0.1, 0.15) is 24.0 Å². The second-order valence-corrected chi connectivity index (χ2v) is 4.90. The van der Waals surface area contributed by atoms with Gasteiger partial charge in [0.15, 0.2) is 0 Å². The van der Waals surface area contributed by atoms with Crippen molar-refractivity contribution in [1.82, 2.24) is 0 Å². The van der Waals surface area contributed by atoms with Gasteiger partial charge in [-0.25, -0.2) is 0 Å². The molecule has 0 saturated carbocycles. The van der Waals surface area contributed by atoms with E-state index in [4.69, 9.17) is 14.7 Å². The van der Waals surface area contributed by atoms with Crippen molar-refractivity contribution in [2.45, 2.75) is 13.8 Å². The fourth-order valence-electron chi connectivity index (χ4n) is 1.26. The number of rotatable bonds is 6. The van der Waals surface area contributed by atoms with Crippen LogP contribution in [0.25, 0.3) is 0 Å². The second kappa shape index (κ2) is 7.31. The number of hydrogen-bond acceptors (Lipinski definition) is 3. The fourth-order valence-corrected chi connectivity index (χ4v) is 1.70. The van der Waals surface area contributed by atoms with E-state index in [2.05, 4.69) is 35.8 Å². The van der Waals surface area contributed by atoms with Crippen molar-refractivity contribution < 1.29 is 9.47 Å². The summed E-state index contributed by atoms with van der Waals surface area (Å²) in [6, 6.07) is 7.56. The first-order valence-electron chi connectivity index (χ1n) is 5.54. The average molecular weight is 298 g/mol. The number of ether oxygens (including phenoxy) is 2. The van der Waals surface area contributed by atoms with Crippen molar-refractivity contribution in [3.05, 3.63) is 28.2 Å². The Hall–Kier alpha value is -1.05. The minimum atomic E-state index is 0.456. The fraction of sp³-hybridized carbons (Fsp3) is 0.462. The van der Waals surface area contributed by atoms with Gasteiger partial charge in [0.25, 0.3) is 0 Å². The van der Waals surface area contributed by atoms with E-state index in [1.807, 2.05) is 12.1 Å². The molecule has 0 radical (unpaired) electrons. The monoisotopic (exact) mass is 297 g/mol. The van der Waals surface area contributed by atoms with E-state index in [1.165, 1.54) is 0 Å². The molecule has 1 aromatic carbocycles. The third-order valence-electron chi connectivity index (χ3n) is 2.02. The molecule has 0 fully saturated rings. The molecule has 0 aliphatic heterocycles. The van der Waals surface area contributed by atoms with E-state index in [9.17, 15) is 0 Å². The average Bonchev–Trinajstić information content (AvgIpc) is 2.28. The molecule has 3 nitrogen and oxygen atoms in total. The van der Waals surface area contributed by atoms with Crippen LogP contribution in [0.2, 0.25) is 0 Å². The Balaban J connectivity index is 2.42. The van der Waals surface area contributed by atoms with Crippen molar-refractivity contribution in [2.75, 3.05) is 19.8 Å². The first-order chi connectivity index (χ1) is 8.15. The van der Waals surface area contributed by atoms with Gasteiger partial charge in [0.05, 0.1) is 6.61 Å². The normalized spacial score (nSPS) is 10.3. The highest BCUT2D eigenvalue weighted by Gasteiger charge is 2.06. The van der Waals surface area contributed by atoms with Crippen LogP contribution in [0.4, 0.5) is 0 Å². The molecular formula is C13H16BrNO2. The van der Waals surface area contributed by atoms with Crippen molar-refractivity contribution in [1.29, 1.82) is 5.26 Å². The van der Waals surface area contributed by atoms with E-state index in [-0.39, 0.29) is 0 Å². The topological polar surface area (TPSA) is 42.2 Å². The predicted molar refractivity (Wildman–Crippen MR) is 70.0 cm³/mol. The first kappa shape index (κ1) is 14.0. The van der Waals surface area contributed by atoms with E-state index in [1.54, 1.807) is 6.07 Å². The zero-order chi connectivity index (χ0) is 12.7. The van der Waals surface area contributed by atoms with Crippen molar-refractivity contribution >= 4 is 15.9 Å². The quantitative estimate of drug-likeness (QED) is 0.756. The van der Waals surface area contributed by atoms with Gasteiger partial charge < -0.3 is 9.47 Å². The maximum atomic E-state index is 8.98. The summed E-state index contributed by atoms with van der Waals surface area (Å²) in [4.78, 5) is 0. The van der Waals surface area contributed by atoms with Gasteiger partial charge in [-0.1, -0.05) is 19.9 Å². The highest BCUT2D eigenvalue weighted by molar-refractivity contribution is 9.10. The van der Waals surface area contributed by atoms with Crippen molar-refractivity contribution in [3.63, 3.8) is 0 Å². The lowest BCUT2D eigenvalue weighted by atomic mass is 10.2. The smallest absolute Gasteiger partial charge is 0.138 e. The van der Waals surface area contributed by atoms with E-state index >= 15 is 0 Å². The Morgan fingerprint density at radius 3 is 2.76 bits per heavy atom. The van der Waals surface area contributed by atoms with Gasteiger partial charge in [-0.05, 0) is 34.0 Å². The van der Waals surface area contributed by atoms with Crippen LogP contribution in [0.1, 0.15) is 19.4 Å². The summed E-state index contributed by atoms with van der Waals surface area (Å²) in [5.74, 6) is 1.12. The molecule has 1 rings (SSSR count). The summed E-state index contributed by atoms with van der Waals surface area (Å²) in [6.07, 6.45) is 0.